The number of nitrogens with one attached hydrogen (secondary N) is 1. The summed E-state index contributed by atoms with van der Waals surface area (Å²) in [5.74, 6) is 1.22. The number of anilines is 1. The molecule has 2 unspecified atom stereocenters. The Morgan fingerprint density at radius 1 is 1.38 bits per heavy atom. The first-order chi connectivity index (χ1) is 10.0. The number of hydrogen-bond donors (Lipinski definition) is 1. The maximum absolute atomic E-state index is 13.4. The number of amides is 1. The zero-order valence-corrected chi connectivity index (χ0v) is 13.4. The van der Waals surface area contributed by atoms with Crippen molar-refractivity contribution in [1.82, 2.24) is 5.32 Å². The van der Waals surface area contributed by atoms with Crippen molar-refractivity contribution in [2.75, 3.05) is 24.5 Å². The van der Waals surface area contributed by atoms with Crippen LogP contribution in [0.15, 0.2) is 24.3 Å². The van der Waals surface area contributed by atoms with E-state index in [2.05, 4.69) is 49.2 Å². The van der Waals surface area contributed by atoms with Crippen molar-refractivity contribution in [3.8, 4) is 0 Å². The SMILES string of the molecule is CC1Cc2ccccc2N(C(=O)C2(C(C)C)CCNC2)C1. The van der Waals surface area contributed by atoms with E-state index >= 15 is 0 Å². The van der Waals surface area contributed by atoms with E-state index in [0.717, 1.165) is 38.2 Å². The molecule has 0 bridgehead atoms. The number of rotatable bonds is 2. The second-order valence-electron chi connectivity index (χ2n) is 7.09. The molecule has 2 aliphatic rings. The highest BCUT2D eigenvalue weighted by Gasteiger charge is 2.47. The lowest BCUT2D eigenvalue weighted by Gasteiger charge is -2.40. The number of para-hydroxylation sites is 1. The van der Waals surface area contributed by atoms with Gasteiger partial charge in [-0.1, -0.05) is 39.0 Å². The summed E-state index contributed by atoms with van der Waals surface area (Å²) in [5, 5.41) is 3.40. The largest absolute Gasteiger partial charge is 0.316 e. The van der Waals surface area contributed by atoms with Gasteiger partial charge in [0.1, 0.15) is 0 Å². The van der Waals surface area contributed by atoms with Crippen LogP contribution in [0.4, 0.5) is 5.69 Å². The molecule has 3 nitrogen and oxygen atoms in total. The second-order valence-corrected chi connectivity index (χ2v) is 7.09. The van der Waals surface area contributed by atoms with Crippen LogP contribution in [0.5, 0.6) is 0 Å². The normalized spacial score (nSPS) is 28.8. The molecule has 0 spiro atoms. The van der Waals surface area contributed by atoms with Crippen molar-refractivity contribution in [1.29, 1.82) is 0 Å². The van der Waals surface area contributed by atoms with E-state index in [1.807, 2.05) is 6.07 Å². The van der Waals surface area contributed by atoms with Crippen LogP contribution in [0.25, 0.3) is 0 Å². The van der Waals surface area contributed by atoms with E-state index in [9.17, 15) is 4.79 Å². The van der Waals surface area contributed by atoms with Crippen LogP contribution in [0, 0.1) is 17.3 Å². The summed E-state index contributed by atoms with van der Waals surface area (Å²) in [4.78, 5) is 15.4. The number of benzene rings is 1. The van der Waals surface area contributed by atoms with Crippen LogP contribution in [0.2, 0.25) is 0 Å². The summed E-state index contributed by atoms with van der Waals surface area (Å²) in [6.07, 6.45) is 2.03. The van der Waals surface area contributed by atoms with Crippen LogP contribution in [0.3, 0.4) is 0 Å². The number of fused-ring (bicyclic) bond motifs is 1. The molecule has 114 valence electrons. The van der Waals surface area contributed by atoms with Crippen molar-refractivity contribution in [2.24, 2.45) is 17.3 Å². The van der Waals surface area contributed by atoms with E-state index in [-0.39, 0.29) is 5.41 Å². The van der Waals surface area contributed by atoms with E-state index in [4.69, 9.17) is 0 Å². The van der Waals surface area contributed by atoms with Crippen molar-refractivity contribution < 1.29 is 4.79 Å². The first-order valence-electron chi connectivity index (χ1n) is 8.15. The minimum absolute atomic E-state index is 0.232. The third-order valence-corrected chi connectivity index (χ3v) is 5.31. The molecule has 1 aromatic rings. The molecule has 0 aromatic heterocycles. The second kappa shape index (κ2) is 5.45. The molecule has 3 rings (SSSR count). The Labute approximate surface area is 127 Å². The van der Waals surface area contributed by atoms with Gasteiger partial charge < -0.3 is 10.2 Å². The van der Waals surface area contributed by atoms with Crippen molar-refractivity contribution >= 4 is 11.6 Å². The summed E-state index contributed by atoms with van der Waals surface area (Å²) >= 11 is 0. The summed E-state index contributed by atoms with van der Waals surface area (Å²) in [6, 6.07) is 8.40. The van der Waals surface area contributed by atoms with E-state index in [1.54, 1.807) is 0 Å². The Balaban J connectivity index is 1.98. The number of hydrogen-bond acceptors (Lipinski definition) is 2. The molecule has 1 N–H and O–H groups in total. The Kier molecular flexibility index (Phi) is 3.78. The molecule has 1 amide bonds. The van der Waals surface area contributed by atoms with Gasteiger partial charge in [-0.25, -0.2) is 0 Å². The zero-order chi connectivity index (χ0) is 15.0. The summed E-state index contributed by atoms with van der Waals surface area (Å²) in [5.41, 5.74) is 2.21. The molecule has 0 aliphatic carbocycles. The third kappa shape index (κ3) is 2.38. The predicted octanol–water partition coefficient (Wildman–Crippen LogP) is 2.85. The molecule has 1 aromatic carbocycles. The lowest BCUT2D eigenvalue weighted by atomic mass is 9.74. The average molecular weight is 286 g/mol. The van der Waals surface area contributed by atoms with Crippen LogP contribution in [-0.4, -0.2) is 25.5 Å². The van der Waals surface area contributed by atoms with Gasteiger partial charge in [-0.05, 0) is 42.9 Å². The van der Waals surface area contributed by atoms with Crippen LogP contribution in [0.1, 0.15) is 32.8 Å². The van der Waals surface area contributed by atoms with Crippen molar-refractivity contribution in [2.45, 2.75) is 33.6 Å². The summed E-state index contributed by atoms with van der Waals surface area (Å²) in [7, 11) is 0. The lowest BCUT2D eigenvalue weighted by Crippen LogP contribution is -2.51. The minimum atomic E-state index is -0.232. The molecular formula is C18H26N2O. The maximum atomic E-state index is 13.4. The van der Waals surface area contributed by atoms with Gasteiger partial charge in [-0.2, -0.15) is 0 Å². The molecule has 1 fully saturated rings. The fraction of sp³-hybridized carbons (Fsp3) is 0.611. The van der Waals surface area contributed by atoms with Crippen molar-refractivity contribution in [3.63, 3.8) is 0 Å². The van der Waals surface area contributed by atoms with Gasteiger partial charge in [0.05, 0.1) is 5.41 Å². The molecule has 2 atom stereocenters. The average Bonchev–Trinajstić information content (AvgIpc) is 2.96. The van der Waals surface area contributed by atoms with E-state index in [0.29, 0.717) is 17.7 Å². The van der Waals surface area contributed by atoms with Gasteiger partial charge >= 0.3 is 0 Å². The van der Waals surface area contributed by atoms with Gasteiger partial charge in [-0.3, -0.25) is 4.79 Å². The third-order valence-electron chi connectivity index (χ3n) is 5.31. The number of carbonyl (C=O) groups is 1. The Hall–Kier alpha value is -1.35. The molecule has 1 saturated heterocycles. The highest BCUT2D eigenvalue weighted by atomic mass is 16.2. The van der Waals surface area contributed by atoms with Gasteiger partial charge in [0.2, 0.25) is 5.91 Å². The lowest BCUT2D eigenvalue weighted by molar-refractivity contribution is -0.129. The molecule has 2 aliphatic heterocycles. The molecular weight excluding hydrogens is 260 g/mol. The van der Waals surface area contributed by atoms with Gasteiger partial charge in [0, 0.05) is 18.8 Å². The molecule has 21 heavy (non-hydrogen) atoms. The Morgan fingerprint density at radius 2 is 2.14 bits per heavy atom. The summed E-state index contributed by atoms with van der Waals surface area (Å²) < 4.78 is 0. The molecule has 3 heteroatoms. The van der Waals surface area contributed by atoms with E-state index in [1.165, 1.54) is 5.56 Å². The Bertz CT molecular complexity index is 532. The monoisotopic (exact) mass is 286 g/mol. The first-order valence-corrected chi connectivity index (χ1v) is 8.15. The molecule has 0 radical (unpaired) electrons. The van der Waals surface area contributed by atoms with Crippen LogP contribution >= 0.6 is 0 Å². The first kappa shape index (κ1) is 14.6. The van der Waals surface area contributed by atoms with Crippen LogP contribution < -0.4 is 10.2 Å². The maximum Gasteiger partial charge on any atom is 0.234 e. The highest BCUT2D eigenvalue weighted by molar-refractivity contribution is 5.99. The standard InChI is InChI=1S/C18H26N2O/c1-13(2)18(8-9-19-12-18)17(21)20-11-14(3)10-15-6-4-5-7-16(15)20/h4-7,13-14,19H,8-12H2,1-3H3. The van der Waals surface area contributed by atoms with Gasteiger partial charge in [0.25, 0.3) is 0 Å². The summed E-state index contributed by atoms with van der Waals surface area (Å²) in [6.45, 7) is 9.23. The fourth-order valence-corrected chi connectivity index (χ4v) is 3.89. The highest BCUT2D eigenvalue weighted by Crippen LogP contribution is 2.40. The van der Waals surface area contributed by atoms with Crippen LogP contribution in [-0.2, 0) is 11.2 Å². The topological polar surface area (TPSA) is 32.3 Å². The van der Waals surface area contributed by atoms with Gasteiger partial charge in [0.15, 0.2) is 0 Å². The molecule has 0 saturated carbocycles. The van der Waals surface area contributed by atoms with E-state index < -0.39 is 0 Å². The molecule has 2 heterocycles. The predicted molar refractivity (Wildman–Crippen MR) is 86.4 cm³/mol. The Morgan fingerprint density at radius 3 is 2.81 bits per heavy atom. The van der Waals surface area contributed by atoms with Crippen molar-refractivity contribution in [3.05, 3.63) is 29.8 Å². The number of nitrogens with zero attached hydrogens (tertiary/aromatic N) is 1. The smallest absolute Gasteiger partial charge is 0.234 e. The minimum Gasteiger partial charge on any atom is -0.316 e. The zero-order valence-electron chi connectivity index (χ0n) is 13.4. The van der Waals surface area contributed by atoms with Gasteiger partial charge in [-0.15, -0.1) is 0 Å². The quantitative estimate of drug-likeness (QED) is 0.906. The fourth-order valence-electron chi connectivity index (χ4n) is 3.89. The number of carbonyl (C=O) groups excluding carboxylic acids is 1.